The third-order valence-corrected chi connectivity index (χ3v) is 4.61. The number of hydrogen-bond acceptors (Lipinski definition) is 12. The van der Waals surface area contributed by atoms with Crippen molar-refractivity contribution in [3.8, 4) is 0 Å². The van der Waals surface area contributed by atoms with Gasteiger partial charge in [0, 0.05) is 27.7 Å². The zero-order valence-electron chi connectivity index (χ0n) is 18.2. The Kier molecular flexibility index (Phi) is 7.06. The van der Waals surface area contributed by atoms with Crippen molar-refractivity contribution < 1.29 is 42.9 Å². The van der Waals surface area contributed by atoms with Crippen LogP contribution >= 0.6 is 0 Å². The quantitative estimate of drug-likeness (QED) is 0.422. The first-order chi connectivity index (χ1) is 15.6. The number of imidazole rings is 1. The molecule has 5 atom stereocenters. The molecule has 3 rings (SSSR count). The van der Waals surface area contributed by atoms with Crippen LogP contribution in [0.15, 0.2) is 17.4 Å². The Morgan fingerprint density at radius 1 is 0.939 bits per heavy atom. The number of hydrogen-bond donors (Lipinski definition) is 1. The Balaban J connectivity index is 2.14. The van der Waals surface area contributed by atoms with Crippen LogP contribution in [-0.2, 0) is 42.9 Å². The Morgan fingerprint density at radius 2 is 1.55 bits per heavy atom. The summed E-state index contributed by atoms with van der Waals surface area (Å²) in [5, 5.41) is 0. The minimum atomic E-state index is -1.35. The van der Waals surface area contributed by atoms with Crippen LogP contribution in [0, 0.1) is 0 Å². The van der Waals surface area contributed by atoms with E-state index in [-0.39, 0.29) is 17.8 Å². The molecule has 3 heterocycles. The van der Waals surface area contributed by atoms with Gasteiger partial charge in [0.25, 0.3) is 5.56 Å². The van der Waals surface area contributed by atoms with Crippen LogP contribution in [0.3, 0.4) is 0 Å². The van der Waals surface area contributed by atoms with Crippen molar-refractivity contribution in [3.63, 3.8) is 0 Å². The van der Waals surface area contributed by atoms with E-state index in [0.29, 0.717) is 0 Å². The van der Waals surface area contributed by atoms with Crippen LogP contribution < -0.4 is 5.56 Å². The summed E-state index contributed by atoms with van der Waals surface area (Å²) in [7, 11) is 0. The van der Waals surface area contributed by atoms with Crippen LogP contribution in [-0.4, -0.2) is 74.4 Å². The predicted octanol–water partition coefficient (Wildman–Crippen LogP) is -0.625. The zero-order chi connectivity index (χ0) is 24.3. The summed E-state index contributed by atoms with van der Waals surface area (Å²) in [6, 6.07) is 0. The smallest absolute Gasteiger partial charge is 0.303 e. The average molecular weight is 466 g/mol. The van der Waals surface area contributed by atoms with Crippen LogP contribution in [0.4, 0.5) is 0 Å². The van der Waals surface area contributed by atoms with Crippen molar-refractivity contribution in [3.05, 3.63) is 23.0 Å². The van der Waals surface area contributed by atoms with E-state index >= 15 is 0 Å². The highest BCUT2D eigenvalue weighted by molar-refractivity contribution is 5.70. The van der Waals surface area contributed by atoms with E-state index in [1.54, 1.807) is 0 Å². The summed E-state index contributed by atoms with van der Waals surface area (Å²) in [5.74, 6) is -2.88. The Morgan fingerprint density at radius 3 is 2.15 bits per heavy atom. The minimum Gasteiger partial charge on any atom is -0.463 e. The summed E-state index contributed by atoms with van der Waals surface area (Å²) < 4.78 is 28.5. The van der Waals surface area contributed by atoms with Gasteiger partial charge in [0.15, 0.2) is 35.7 Å². The molecule has 0 saturated carbocycles. The van der Waals surface area contributed by atoms with Gasteiger partial charge in [0.05, 0.1) is 12.7 Å². The molecule has 0 aromatic carbocycles. The van der Waals surface area contributed by atoms with Crippen molar-refractivity contribution >= 4 is 35.0 Å². The van der Waals surface area contributed by atoms with Crippen molar-refractivity contribution in [2.75, 3.05) is 6.61 Å². The number of nitrogens with one attached hydrogen (secondary N) is 1. The summed E-state index contributed by atoms with van der Waals surface area (Å²) in [4.78, 5) is 69.6. The largest absolute Gasteiger partial charge is 0.463 e. The third-order valence-electron chi connectivity index (χ3n) is 4.61. The molecule has 33 heavy (non-hydrogen) atoms. The number of ether oxygens (including phenoxy) is 5. The van der Waals surface area contributed by atoms with Gasteiger partial charge in [0.1, 0.15) is 12.7 Å². The molecule has 14 nitrogen and oxygen atoms in total. The van der Waals surface area contributed by atoms with E-state index in [4.69, 9.17) is 23.7 Å². The van der Waals surface area contributed by atoms with E-state index < -0.39 is 60.1 Å². The second-order valence-electron chi connectivity index (χ2n) is 7.15. The molecule has 2 aromatic rings. The van der Waals surface area contributed by atoms with Gasteiger partial charge in [-0.25, -0.2) is 9.97 Å². The topological polar surface area (TPSA) is 178 Å². The van der Waals surface area contributed by atoms with E-state index in [2.05, 4.69) is 15.0 Å². The number of fused-ring (bicyclic) bond motifs is 1. The number of carbonyl (C=O) groups excluding carboxylic acids is 4. The molecule has 1 saturated heterocycles. The number of aromatic amines is 1. The van der Waals surface area contributed by atoms with Crippen molar-refractivity contribution in [2.24, 2.45) is 0 Å². The van der Waals surface area contributed by atoms with Gasteiger partial charge >= 0.3 is 23.9 Å². The Bertz CT molecular complexity index is 1130. The summed E-state index contributed by atoms with van der Waals surface area (Å²) in [5.41, 5.74) is -0.464. The van der Waals surface area contributed by atoms with Gasteiger partial charge in [-0.3, -0.25) is 28.5 Å². The average Bonchev–Trinajstić information content (AvgIpc) is 3.14. The van der Waals surface area contributed by atoms with E-state index in [1.807, 2.05) is 0 Å². The highest BCUT2D eigenvalue weighted by Crippen LogP contribution is 2.35. The molecule has 2 aromatic heterocycles. The SMILES string of the molecule is CC(=O)OC[C@H]1O[C@@H](n2cnc3c(=O)[nH]cnc32)[C@H](OC(C)=O)[C@@H](OC(C)=O)[C@@H]1OC(C)=O. The summed E-state index contributed by atoms with van der Waals surface area (Å²) in [6.07, 6.45) is -4.00. The maximum atomic E-state index is 12.1. The third kappa shape index (κ3) is 5.34. The predicted molar refractivity (Wildman–Crippen MR) is 105 cm³/mol. The molecule has 0 spiro atoms. The van der Waals surface area contributed by atoms with Crippen LogP contribution in [0.2, 0.25) is 0 Å². The van der Waals surface area contributed by atoms with Crippen molar-refractivity contribution in [2.45, 2.75) is 58.3 Å². The standard InChI is InChI=1S/C19H22N4O10/c1-8(24)29-5-12-14(30-9(2)25)15(31-10(3)26)16(32-11(4)27)19(33-12)23-7-22-13-17(23)20-6-21-18(13)28/h6-7,12,14-16,19H,5H2,1-4H3,(H,20,21,28)/t12-,14-,15+,16-,19-/m1/s1. The lowest BCUT2D eigenvalue weighted by Crippen LogP contribution is -2.60. The van der Waals surface area contributed by atoms with Gasteiger partial charge in [-0.2, -0.15) is 0 Å². The van der Waals surface area contributed by atoms with Gasteiger partial charge in [-0.15, -0.1) is 0 Å². The number of H-pyrrole nitrogens is 1. The van der Waals surface area contributed by atoms with E-state index in [1.165, 1.54) is 17.8 Å². The molecule has 0 bridgehead atoms. The van der Waals surface area contributed by atoms with Gasteiger partial charge < -0.3 is 28.7 Å². The maximum Gasteiger partial charge on any atom is 0.303 e. The molecule has 1 aliphatic heterocycles. The van der Waals surface area contributed by atoms with Gasteiger partial charge in [0.2, 0.25) is 0 Å². The minimum absolute atomic E-state index is 0.0228. The monoisotopic (exact) mass is 466 g/mol. The molecule has 0 unspecified atom stereocenters. The molecular weight excluding hydrogens is 444 g/mol. The van der Waals surface area contributed by atoms with Crippen molar-refractivity contribution in [1.82, 2.24) is 19.5 Å². The summed E-state index contributed by atoms with van der Waals surface area (Å²) >= 11 is 0. The number of esters is 4. The fourth-order valence-corrected chi connectivity index (χ4v) is 3.48. The fourth-order valence-electron chi connectivity index (χ4n) is 3.48. The first kappa shape index (κ1) is 23.8. The molecule has 1 fully saturated rings. The summed E-state index contributed by atoms with van der Waals surface area (Å²) in [6.45, 7) is 4.17. The van der Waals surface area contributed by atoms with E-state index in [9.17, 15) is 24.0 Å². The molecule has 0 aliphatic carbocycles. The Hall–Kier alpha value is -3.81. The lowest BCUT2D eigenvalue weighted by atomic mass is 9.97. The number of aromatic nitrogens is 4. The number of nitrogens with zero attached hydrogens (tertiary/aromatic N) is 3. The second kappa shape index (κ2) is 9.77. The fraction of sp³-hybridized carbons (Fsp3) is 0.526. The maximum absolute atomic E-state index is 12.1. The number of rotatable bonds is 6. The molecule has 178 valence electrons. The van der Waals surface area contributed by atoms with Gasteiger partial charge in [-0.05, 0) is 0 Å². The highest BCUT2D eigenvalue weighted by Gasteiger charge is 2.53. The van der Waals surface area contributed by atoms with Crippen LogP contribution in [0.1, 0.15) is 33.9 Å². The Labute approximate surface area is 186 Å². The normalized spacial score (nSPS) is 24.7. The van der Waals surface area contributed by atoms with Crippen molar-refractivity contribution in [1.29, 1.82) is 0 Å². The molecule has 1 N–H and O–H groups in total. The molecular formula is C19H22N4O10. The lowest BCUT2D eigenvalue weighted by molar-refractivity contribution is -0.267. The molecule has 14 heteroatoms. The van der Waals surface area contributed by atoms with Gasteiger partial charge in [-0.1, -0.05) is 0 Å². The molecule has 0 amide bonds. The van der Waals surface area contributed by atoms with E-state index in [0.717, 1.165) is 27.1 Å². The first-order valence-corrected chi connectivity index (χ1v) is 9.79. The first-order valence-electron chi connectivity index (χ1n) is 9.79. The molecule has 1 aliphatic rings. The molecule has 0 radical (unpaired) electrons. The van der Waals surface area contributed by atoms with Crippen LogP contribution in [0.5, 0.6) is 0 Å². The lowest BCUT2D eigenvalue weighted by Gasteiger charge is -2.44. The van der Waals surface area contributed by atoms with Crippen LogP contribution in [0.25, 0.3) is 11.2 Å². The highest BCUT2D eigenvalue weighted by atomic mass is 16.7. The zero-order valence-corrected chi connectivity index (χ0v) is 18.2. The second-order valence-corrected chi connectivity index (χ2v) is 7.15. The number of carbonyl (C=O) groups is 4.